The molecule has 3 unspecified atom stereocenters. The fourth-order valence-corrected chi connectivity index (χ4v) is 8.84. The fourth-order valence-electron chi connectivity index (χ4n) is 6.22. The number of anilines is 1. The third-order valence-electron chi connectivity index (χ3n) is 8.60. The number of nitrogens with two attached hydrogens (primary N) is 1. The molecule has 5 aromatic heterocycles. The third kappa shape index (κ3) is 5.10. The minimum absolute atomic E-state index is 0.0449. The van der Waals surface area contributed by atoms with Gasteiger partial charge in [0.05, 0.1) is 32.5 Å². The first-order chi connectivity index (χ1) is 22.0. The molecule has 0 aromatic carbocycles. The summed E-state index contributed by atoms with van der Waals surface area (Å²) in [6, 6.07) is -0.212. The van der Waals surface area contributed by atoms with Crippen molar-refractivity contribution in [2.24, 2.45) is 11.8 Å². The van der Waals surface area contributed by atoms with E-state index >= 15 is 0 Å². The van der Waals surface area contributed by atoms with Crippen molar-refractivity contribution >= 4 is 71.5 Å². The van der Waals surface area contributed by atoms with Crippen molar-refractivity contribution in [3.8, 4) is 0 Å². The molecule has 0 spiro atoms. The van der Waals surface area contributed by atoms with Gasteiger partial charge in [-0.3, -0.25) is 18.4 Å². The number of hydrogen-bond acceptors (Lipinski definition) is 15. The second kappa shape index (κ2) is 11.1. The first-order valence-corrected chi connectivity index (χ1v) is 19.2. The number of imidazole rings is 3. The van der Waals surface area contributed by atoms with Gasteiger partial charge in [0.15, 0.2) is 23.2 Å². The Balaban J connectivity index is 1.10. The lowest BCUT2D eigenvalue weighted by molar-refractivity contribution is -0.0468. The van der Waals surface area contributed by atoms with E-state index in [9.17, 15) is 19.4 Å². The van der Waals surface area contributed by atoms with Crippen LogP contribution in [0.5, 0.6) is 0 Å². The minimum atomic E-state index is -4.00. The first kappa shape index (κ1) is 30.5. The fraction of sp³-hybridized carbons (Fsp3) is 0.478. The molecule has 1 saturated carbocycles. The Morgan fingerprint density at radius 2 is 1.85 bits per heavy atom. The molecule has 0 radical (unpaired) electrons. The van der Waals surface area contributed by atoms with E-state index in [1.54, 1.807) is 6.33 Å². The molecule has 1 aliphatic carbocycles. The molecule has 5 N–H and O–H groups in total. The number of rotatable bonds is 2. The molecule has 46 heavy (non-hydrogen) atoms. The van der Waals surface area contributed by atoms with E-state index in [0.717, 1.165) is 0 Å². The lowest BCUT2D eigenvalue weighted by Crippen LogP contribution is -2.43. The van der Waals surface area contributed by atoms with Crippen molar-refractivity contribution in [1.82, 2.24) is 43.4 Å². The number of thiol groups is 1. The molecule has 23 heteroatoms. The van der Waals surface area contributed by atoms with Gasteiger partial charge >= 0.3 is 13.5 Å². The molecule has 9 atom stereocenters. The second-order valence-electron chi connectivity index (χ2n) is 11.2. The Labute approximate surface area is 268 Å². The summed E-state index contributed by atoms with van der Waals surface area (Å²) in [5.74, 6) is -0.0662. The average Bonchev–Trinajstić information content (AvgIpc) is 3.79. The van der Waals surface area contributed by atoms with Crippen LogP contribution in [0.3, 0.4) is 0 Å². The largest absolute Gasteiger partial charge is 0.387 e. The minimum Gasteiger partial charge on any atom is -0.387 e. The van der Waals surface area contributed by atoms with Gasteiger partial charge in [0.2, 0.25) is 5.78 Å². The Hall–Kier alpha value is -2.81. The molecule has 2 aliphatic heterocycles. The lowest BCUT2D eigenvalue weighted by Gasteiger charge is -2.45. The van der Waals surface area contributed by atoms with E-state index in [4.69, 9.17) is 40.4 Å². The molecule has 0 amide bonds. The Morgan fingerprint density at radius 1 is 1.07 bits per heavy atom. The predicted octanol–water partition coefficient (Wildman–Crippen LogP) is 0.933. The standard InChI is InChI=1S/C23H26N10O9P2S2/c24-18-14-19(27-7-26-18)32(8-28-14)12-3-10-4-38-44(37,46)42-17-16(34)13(6-40-43(36,45)39-5-11(10)12)41-22(17)33-9-29-15-20(33)30-23-25-1-2-31(23)21(15)35/h1-2,7-13,16-17,22,34H,3-6H2,(H,25,30)(H,36,45)(H,37,46)(H2,24,26,27)/t10-,11-,12-,13-,16-,17-,22?,43?,44?/m1/s1. The van der Waals surface area contributed by atoms with E-state index in [0.29, 0.717) is 17.6 Å². The van der Waals surface area contributed by atoms with Crippen LogP contribution in [0.2, 0.25) is 0 Å². The van der Waals surface area contributed by atoms with Gasteiger partial charge in [-0.25, -0.2) is 33.9 Å². The topological polar surface area (TPSA) is 241 Å². The van der Waals surface area contributed by atoms with Crippen LogP contribution in [-0.4, -0.2) is 91.6 Å². The third-order valence-corrected chi connectivity index (χ3v) is 11.8. The summed E-state index contributed by atoms with van der Waals surface area (Å²) in [6.45, 7) is -8.51. The van der Waals surface area contributed by atoms with Crippen LogP contribution < -0.4 is 11.3 Å². The number of nitrogen functional groups attached to an aromatic ring is 1. The zero-order valence-electron chi connectivity index (χ0n) is 23.4. The van der Waals surface area contributed by atoms with E-state index in [2.05, 4.69) is 42.2 Å². The van der Waals surface area contributed by atoms with Crippen LogP contribution >= 0.6 is 25.8 Å². The van der Waals surface area contributed by atoms with E-state index in [-0.39, 0.29) is 53.9 Å². The number of nitrogens with one attached hydrogen (secondary N) is 1. The van der Waals surface area contributed by atoms with Crippen LogP contribution in [0.1, 0.15) is 18.7 Å². The summed E-state index contributed by atoms with van der Waals surface area (Å²) >= 11 is 9.54. The van der Waals surface area contributed by atoms with Crippen molar-refractivity contribution in [3.63, 3.8) is 0 Å². The summed E-state index contributed by atoms with van der Waals surface area (Å²) < 4.78 is 46.9. The summed E-state index contributed by atoms with van der Waals surface area (Å²) in [5.41, 5.74) is 6.76. The molecule has 5 aromatic rings. The van der Waals surface area contributed by atoms with Gasteiger partial charge in [0.1, 0.15) is 35.8 Å². The average molecular weight is 713 g/mol. The highest BCUT2D eigenvalue weighted by Gasteiger charge is 2.51. The van der Waals surface area contributed by atoms with Crippen LogP contribution in [0.25, 0.3) is 28.1 Å². The van der Waals surface area contributed by atoms with Gasteiger partial charge in [0.25, 0.3) is 5.56 Å². The molecule has 3 aliphatic rings. The Morgan fingerprint density at radius 3 is 2.70 bits per heavy atom. The highest BCUT2D eigenvalue weighted by atomic mass is 32.7. The van der Waals surface area contributed by atoms with Crippen molar-refractivity contribution in [2.75, 3.05) is 25.6 Å². The molecule has 8 rings (SSSR count). The molecular weight excluding hydrogens is 686 g/mol. The van der Waals surface area contributed by atoms with Crippen LogP contribution in [-0.2, 0) is 39.2 Å². The molecule has 2 bridgehead atoms. The van der Waals surface area contributed by atoms with Crippen molar-refractivity contribution in [3.05, 3.63) is 41.7 Å². The lowest BCUT2D eigenvalue weighted by atomic mass is 9.70. The maximum absolute atomic E-state index is 13.3. The van der Waals surface area contributed by atoms with Gasteiger partial charge in [0, 0.05) is 24.4 Å². The van der Waals surface area contributed by atoms with Gasteiger partial charge in [-0.15, -0.1) is 0 Å². The summed E-state index contributed by atoms with van der Waals surface area (Å²) in [5, 5.41) is 11.3. The maximum atomic E-state index is 13.3. The molecular formula is C23H26N10O9P2S2. The van der Waals surface area contributed by atoms with E-state index in [1.165, 1.54) is 34.0 Å². The van der Waals surface area contributed by atoms with Crippen molar-refractivity contribution < 1.29 is 37.4 Å². The van der Waals surface area contributed by atoms with E-state index in [1.807, 2.05) is 4.57 Å². The van der Waals surface area contributed by atoms with Crippen LogP contribution in [0.15, 0.2) is 36.2 Å². The van der Waals surface area contributed by atoms with Crippen molar-refractivity contribution in [2.45, 2.75) is 37.0 Å². The zero-order valence-corrected chi connectivity index (χ0v) is 26.9. The second-order valence-corrected chi connectivity index (χ2v) is 16.9. The van der Waals surface area contributed by atoms with Gasteiger partial charge in [-0.2, -0.15) is 0 Å². The summed E-state index contributed by atoms with van der Waals surface area (Å²) in [7, 11) is 0. The number of aliphatic hydroxyl groups is 1. The number of nitrogens with zero attached hydrogens (tertiary/aromatic N) is 8. The predicted molar refractivity (Wildman–Crippen MR) is 165 cm³/mol. The first-order valence-electron chi connectivity index (χ1n) is 14.0. The van der Waals surface area contributed by atoms with Crippen LogP contribution in [0, 0.1) is 11.8 Å². The zero-order chi connectivity index (χ0) is 32.0. The maximum Gasteiger partial charge on any atom is 0.386 e. The van der Waals surface area contributed by atoms with E-state index < -0.39 is 50.2 Å². The molecule has 3 fully saturated rings. The molecule has 2 saturated heterocycles. The van der Waals surface area contributed by atoms with Gasteiger partial charge in [-0.05, 0) is 24.1 Å². The number of fused-ring (bicyclic) bond motifs is 6. The number of ether oxygens (including phenoxy) is 1. The Kier molecular flexibility index (Phi) is 7.39. The van der Waals surface area contributed by atoms with Crippen LogP contribution in [0.4, 0.5) is 5.82 Å². The summed E-state index contributed by atoms with van der Waals surface area (Å²) in [4.78, 5) is 48.2. The number of aromatic amines is 1. The smallest absolute Gasteiger partial charge is 0.386 e. The van der Waals surface area contributed by atoms with Gasteiger partial charge < -0.3 is 39.1 Å². The molecule has 244 valence electrons. The number of hydrogen-bond donors (Lipinski definition) is 5. The number of aromatic nitrogens is 9. The van der Waals surface area contributed by atoms with Gasteiger partial charge in [-0.1, -0.05) is 12.2 Å². The Bertz CT molecular complexity index is 2140. The highest BCUT2D eigenvalue weighted by molar-refractivity contribution is 8.44. The number of aliphatic hydroxyl groups excluding tert-OH is 1. The van der Waals surface area contributed by atoms with Crippen molar-refractivity contribution in [1.29, 1.82) is 0 Å². The monoisotopic (exact) mass is 712 g/mol. The normalized spacial score (nSPS) is 35.7. The summed E-state index contributed by atoms with van der Waals surface area (Å²) in [6.07, 6.45) is 2.62. The SMILES string of the molecule is Nc1ncnc2c1ncn2[C@@H]1C[C@@H]2COP(O)(=S)O[C@H]3C(n4cnc5c(=O)n6ccnc6[nH]c54)O[C@H](COP(=O)(S)OC[C@H]21)[C@H]3O. The number of H-pyrrole nitrogens is 1. The quantitative estimate of drug-likeness (QED) is 0.126. The highest BCUT2D eigenvalue weighted by Crippen LogP contribution is 2.58. The molecule has 7 heterocycles. The molecule has 19 nitrogen and oxygen atoms in total.